The van der Waals surface area contributed by atoms with Gasteiger partial charge in [0.25, 0.3) is 0 Å². The van der Waals surface area contributed by atoms with E-state index in [2.05, 4.69) is 40.3 Å². The van der Waals surface area contributed by atoms with E-state index in [1.54, 1.807) is 6.26 Å². The molecule has 0 spiro atoms. The highest BCUT2D eigenvalue weighted by Crippen LogP contribution is 2.15. The van der Waals surface area contributed by atoms with Gasteiger partial charge in [-0.05, 0) is 37.1 Å². The topological polar surface area (TPSA) is 29.1 Å². The molecule has 16 heavy (non-hydrogen) atoms. The zero-order valence-corrected chi connectivity index (χ0v) is 12.3. The van der Waals surface area contributed by atoms with Gasteiger partial charge < -0.3 is 5.32 Å². The van der Waals surface area contributed by atoms with Crippen LogP contribution < -0.4 is 5.32 Å². The fourth-order valence-corrected chi connectivity index (χ4v) is 2.21. The molecule has 1 rings (SSSR count). The van der Waals surface area contributed by atoms with Crippen LogP contribution in [0.3, 0.4) is 0 Å². The van der Waals surface area contributed by atoms with Crippen LogP contribution in [0.4, 0.5) is 0 Å². The molecule has 0 amide bonds. The molecule has 1 aromatic carbocycles. The Kier molecular flexibility index (Phi) is 5.66. The summed E-state index contributed by atoms with van der Waals surface area (Å²) in [7, 11) is -0.747. The van der Waals surface area contributed by atoms with Crippen molar-refractivity contribution in [1.29, 1.82) is 0 Å². The summed E-state index contributed by atoms with van der Waals surface area (Å²) in [5.41, 5.74) is 2.56. The van der Waals surface area contributed by atoms with E-state index in [0.717, 1.165) is 17.6 Å². The second-order valence-electron chi connectivity index (χ2n) is 4.01. The van der Waals surface area contributed by atoms with Gasteiger partial charge in [0.1, 0.15) is 0 Å². The molecule has 0 aliphatic carbocycles. The van der Waals surface area contributed by atoms with Crippen LogP contribution in [0, 0.1) is 6.92 Å². The average molecular weight is 304 g/mol. The lowest BCUT2D eigenvalue weighted by Crippen LogP contribution is -2.27. The van der Waals surface area contributed by atoms with Crippen molar-refractivity contribution < 1.29 is 4.21 Å². The summed E-state index contributed by atoms with van der Waals surface area (Å²) in [5.74, 6) is 0. The van der Waals surface area contributed by atoms with Crippen molar-refractivity contribution >= 4 is 26.7 Å². The average Bonchev–Trinajstić information content (AvgIpc) is 2.20. The van der Waals surface area contributed by atoms with E-state index in [9.17, 15) is 4.21 Å². The number of halogens is 1. The molecule has 0 aliphatic heterocycles. The van der Waals surface area contributed by atoms with Crippen LogP contribution in [-0.4, -0.2) is 22.3 Å². The lowest BCUT2D eigenvalue weighted by atomic mass is 10.1. The highest BCUT2D eigenvalue weighted by Gasteiger charge is 2.05. The number of hydrogen-bond acceptors (Lipinski definition) is 2. The highest BCUT2D eigenvalue weighted by molar-refractivity contribution is 9.10. The molecule has 2 unspecified atom stereocenters. The highest BCUT2D eigenvalue weighted by atomic mass is 79.9. The molecule has 1 aromatic rings. The molecule has 0 aliphatic rings. The van der Waals surface area contributed by atoms with Crippen LogP contribution in [0.5, 0.6) is 0 Å². The van der Waals surface area contributed by atoms with Gasteiger partial charge in [-0.25, -0.2) is 0 Å². The quantitative estimate of drug-likeness (QED) is 0.906. The standard InChI is InChI=1S/C12H18BrNOS/c1-9-6-12(13)5-4-11(9)8-14-7-10(2)16(3)15/h4-6,10,14H,7-8H2,1-3H3. The van der Waals surface area contributed by atoms with Crippen molar-refractivity contribution in [3.8, 4) is 0 Å². The summed E-state index contributed by atoms with van der Waals surface area (Å²) < 4.78 is 12.3. The fourth-order valence-electron chi connectivity index (χ4n) is 1.39. The van der Waals surface area contributed by atoms with Gasteiger partial charge in [-0.15, -0.1) is 0 Å². The molecule has 2 nitrogen and oxygen atoms in total. The molecule has 0 saturated carbocycles. The Bertz CT molecular complexity index is 381. The fraction of sp³-hybridized carbons (Fsp3) is 0.500. The maximum atomic E-state index is 11.2. The number of nitrogens with one attached hydrogen (secondary N) is 1. The van der Waals surface area contributed by atoms with E-state index >= 15 is 0 Å². The van der Waals surface area contributed by atoms with Crippen LogP contribution in [0.15, 0.2) is 22.7 Å². The molecule has 0 saturated heterocycles. The van der Waals surface area contributed by atoms with Crippen molar-refractivity contribution in [2.24, 2.45) is 0 Å². The van der Waals surface area contributed by atoms with E-state index in [4.69, 9.17) is 0 Å². The first kappa shape index (κ1) is 13.9. The first-order valence-corrected chi connectivity index (χ1v) is 7.70. The third kappa shape index (κ3) is 4.36. The lowest BCUT2D eigenvalue weighted by molar-refractivity contribution is 0.646. The number of aryl methyl sites for hydroxylation is 1. The maximum absolute atomic E-state index is 11.2. The van der Waals surface area contributed by atoms with E-state index in [1.165, 1.54) is 11.1 Å². The molecule has 4 heteroatoms. The molecular formula is C12H18BrNOS. The molecule has 0 radical (unpaired) electrons. The van der Waals surface area contributed by atoms with Crippen molar-refractivity contribution in [3.63, 3.8) is 0 Å². The summed E-state index contributed by atoms with van der Waals surface area (Å²) in [6, 6.07) is 6.27. The maximum Gasteiger partial charge on any atom is 0.0441 e. The Hall–Kier alpha value is -0.190. The zero-order chi connectivity index (χ0) is 12.1. The third-order valence-corrected chi connectivity index (χ3v) is 4.41. The van der Waals surface area contributed by atoms with Gasteiger partial charge in [-0.2, -0.15) is 0 Å². The minimum atomic E-state index is -0.747. The summed E-state index contributed by atoms with van der Waals surface area (Å²) in [5, 5.41) is 3.54. The Morgan fingerprint density at radius 1 is 1.50 bits per heavy atom. The molecule has 90 valence electrons. The molecule has 0 heterocycles. The molecule has 0 fully saturated rings. The van der Waals surface area contributed by atoms with Gasteiger partial charge in [0.05, 0.1) is 0 Å². The molecule has 0 bridgehead atoms. The SMILES string of the molecule is Cc1cc(Br)ccc1CNCC(C)S(C)=O. The Morgan fingerprint density at radius 3 is 2.75 bits per heavy atom. The van der Waals surface area contributed by atoms with Gasteiger partial charge in [-0.1, -0.05) is 22.0 Å². The molecular weight excluding hydrogens is 286 g/mol. The zero-order valence-electron chi connectivity index (χ0n) is 9.92. The number of benzene rings is 1. The largest absolute Gasteiger partial charge is 0.311 e. The van der Waals surface area contributed by atoms with Gasteiger partial charge in [0.2, 0.25) is 0 Å². The summed E-state index contributed by atoms with van der Waals surface area (Å²) in [4.78, 5) is 0. The summed E-state index contributed by atoms with van der Waals surface area (Å²) >= 11 is 3.45. The van der Waals surface area contributed by atoms with Crippen molar-refractivity contribution in [3.05, 3.63) is 33.8 Å². The van der Waals surface area contributed by atoms with Gasteiger partial charge in [-0.3, -0.25) is 4.21 Å². The van der Waals surface area contributed by atoms with E-state index in [-0.39, 0.29) is 5.25 Å². The van der Waals surface area contributed by atoms with Crippen LogP contribution in [0.25, 0.3) is 0 Å². The van der Waals surface area contributed by atoms with Crippen LogP contribution in [0.1, 0.15) is 18.1 Å². The van der Waals surface area contributed by atoms with Crippen LogP contribution in [-0.2, 0) is 17.3 Å². The summed E-state index contributed by atoms with van der Waals surface area (Å²) in [6.45, 7) is 5.72. The second-order valence-corrected chi connectivity index (χ2v) is 6.73. The smallest absolute Gasteiger partial charge is 0.0441 e. The molecule has 0 aromatic heterocycles. The first-order valence-electron chi connectivity index (χ1n) is 5.28. The number of hydrogen-bond donors (Lipinski definition) is 1. The van der Waals surface area contributed by atoms with Crippen LogP contribution in [0.2, 0.25) is 0 Å². The summed E-state index contributed by atoms with van der Waals surface area (Å²) in [6.07, 6.45) is 1.75. The molecule has 2 atom stereocenters. The second kappa shape index (κ2) is 6.52. The predicted molar refractivity (Wildman–Crippen MR) is 74.1 cm³/mol. The molecule has 1 N–H and O–H groups in total. The first-order chi connectivity index (χ1) is 7.50. The number of rotatable bonds is 5. The van der Waals surface area contributed by atoms with E-state index in [0.29, 0.717) is 0 Å². The van der Waals surface area contributed by atoms with E-state index < -0.39 is 10.8 Å². The predicted octanol–water partition coefficient (Wildman–Crippen LogP) is 2.61. The van der Waals surface area contributed by atoms with Gasteiger partial charge >= 0.3 is 0 Å². The van der Waals surface area contributed by atoms with Gasteiger partial charge in [0, 0.05) is 39.9 Å². The minimum absolute atomic E-state index is 0.204. The van der Waals surface area contributed by atoms with Gasteiger partial charge in [0.15, 0.2) is 0 Å². The van der Waals surface area contributed by atoms with Crippen LogP contribution >= 0.6 is 15.9 Å². The van der Waals surface area contributed by atoms with Crippen molar-refractivity contribution in [1.82, 2.24) is 5.32 Å². The van der Waals surface area contributed by atoms with Crippen molar-refractivity contribution in [2.45, 2.75) is 25.6 Å². The third-order valence-electron chi connectivity index (χ3n) is 2.62. The monoisotopic (exact) mass is 303 g/mol. The lowest BCUT2D eigenvalue weighted by Gasteiger charge is -2.11. The van der Waals surface area contributed by atoms with E-state index in [1.807, 2.05) is 13.0 Å². The van der Waals surface area contributed by atoms with Crippen molar-refractivity contribution in [2.75, 3.05) is 12.8 Å². The minimum Gasteiger partial charge on any atom is -0.311 e. The normalized spacial score (nSPS) is 14.8. The Balaban J connectivity index is 2.46. The Labute approximate surface area is 108 Å². The Morgan fingerprint density at radius 2 is 2.19 bits per heavy atom.